The zero-order valence-corrected chi connectivity index (χ0v) is 9.99. The normalized spacial score (nSPS) is 12.3. The predicted octanol–water partition coefficient (Wildman–Crippen LogP) is 2.84. The first-order chi connectivity index (χ1) is 7.09. The van der Waals surface area contributed by atoms with Crippen molar-refractivity contribution in [2.24, 2.45) is 4.99 Å². The fourth-order valence-corrected chi connectivity index (χ4v) is 1.32. The van der Waals surface area contributed by atoms with Crippen LogP contribution in [0.5, 0.6) is 0 Å². The van der Waals surface area contributed by atoms with Crippen LogP contribution in [-0.4, -0.2) is 17.9 Å². The average Bonchev–Trinajstić information content (AvgIpc) is 2.17. The summed E-state index contributed by atoms with van der Waals surface area (Å²) in [5.41, 5.74) is 1.15. The van der Waals surface area contributed by atoms with Crippen molar-refractivity contribution in [3.8, 4) is 0 Å². The minimum atomic E-state index is 0.312. The van der Waals surface area contributed by atoms with Gasteiger partial charge in [0.2, 0.25) is 0 Å². The van der Waals surface area contributed by atoms with E-state index >= 15 is 0 Å². The van der Waals surface area contributed by atoms with E-state index in [2.05, 4.69) is 50.1 Å². The Morgan fingerprint density at radius 3 is 2.13 bits per heavy atom. The van der Waals surface area contributed by atoms with Crippen LogP contribution in [0.15, 0.2) is 35.3 Å². The molecule has 0 fully saturated rings. The van der Waals surface area contributed by atoms with Gasteiger partial charge in [-0.1, -0.05) is 30.3 Å². The summed E-state index contributed by atoms with van der Waals surface area (Å²) in [6, 6.07) is 11.0. The van der Waals surface area contributed by atoms with Crippen LogP contribution >= 0.6 is 0 Å². The van der Waals surface area contributed by atoms with Gasteiger partial charge in [0.1, 0.15) is 5.84 Å². The highest BCUT2D eigenvalue weighted by Gasteiger charge is 2.04. The number of aliphatic imine (C=N–C) groups is 1. The van der Waals surface area contributed by atoms with E-state index in [9.17, 15) is 0 Å². The van der Waals surface area contributed by atoms with Crippen molar-refractivity contribution in [2.75, 3.05) is 0 Å². The van der Waals surface area contributed by atoms with Crippen molar-refractivity contribution in [3.63, 3.8) is 0 Å². The van der Waals surface area contributed by atoms with Gasteiger partial charge in [-0.2, -0.15) is 0 Å². The summed E-state index contributed by atoms with van der Waals surface area (Å²) in [7, 11) is 0. The van der Waals surface area contributed by atoms with E-state index in [4.69, 9.17) is 0 Å². The maximum absolute atomic E-state index is 4.59. The molecule has 0 aliphatic heterocycles. The molecule has 0 aliphatic rings. The molecule has 1 aromatic carbocycles. The number of hydrogen-bond donors (Lipinski definition) is 1. The molecule has 0 aliphatic carbocycles. The highest BCUT2D eigenvalue weighted by atomic mass is 15.0. The van der Waals surface area contributed by atoms with Crippen molar-refractivity contribution in [2.45, 2.75) is 39.8 Å². The lowest BCUT2D eigenvalue weighted by Gasteiger charge is -2.14. The van der Waals surface area contributed by atoms with E-state index in [1.165, 1.54) is 0 Å². The van der Waals surface area contributed by atoms with E-state index in [0.717, 1.165) is 11.4 Å². The van der Waals surface area contributed by atoms with Gasteiger partial charge in [0, 0.05) is 17.6 Å². The molecule has 0 radical (unpaired) electrons. The van der Waals surface area contributed by atoms with Crippen molar-refractivity contribution < 1.29 is 0 Å². The molecule has 0 amide bonds. The lowest BCUT2D eigenvalue weighted by Crippen LogP contribution is -2.31. The summed E-state index contributed by atoms with van der Waals surface area (Å²) in [4.78, 5) is 4.59. The van der Waals surface area contributed by atoms with Crippen molar-refractivity contribution in [1.82, 2.24) is 5.32 Å². The number of benzene rings is 1. The van der Waals surface area contributed by atoms with Crippen LogP contribution in [0, 0.1) is 0 Å². The Balaban J connectivity index is 2.92. The molecule has 0 saturated carbocycles. The predicted molar refractivity (Wildman–Crippen MR) is 66.4 cm³/mol. The van der Waals surface area contributed by atoms with Crippen LogP contribution in [0.3, 0.4) is 0 Å². The monoisotopic (exact) mass is 204 g/mol. The minimum Gasteiger partial charge on any atom is -0.368 e. The second-order valence-electron chi connectivity index (χ2n) is 4.24. The van der Waals surface area contributed by atoms with Crippen LogP contribution in [0.25, 0.3) is 0 Å². The Morgan fingerprint density at radius 2 is 1.67 bits per heavy atom. The van der Waals surface area contributed by atoms with Crippen LogP contribution in [0.4, 0.5) is 0 Å². The number of amidine groups is 1. The van der Waals surface area contributed by atoms with Crippen LogP contribution in [0.1, 0.15) is 33.3 Å². The maximum atomic E-state index is 4.59. The van der Waals surface area contributed by atoms with Crippen LogP contribution in [-0.2, 0) is 0 Å². The van der Waals surface area contributed by atoms with Crippen molar-refractivity contribution in [3.05, 3.63) is 35.9 Å². The summed E-state index contributed by atoms with van der Waals surface area (Å²) in [5, 5.41) is 3.38. The Kier molecular flexibility index (Phi) is 4.35. The number of nitrogens with one attached hydrogen (secondary N) is 1. The maximum Gasteiger partial charge on any atom is 0.128 e. The van der Waals surface area contributed by atoms with Crippen LogP contribution in [0.2, 0.25) is 0 Å². The zero-order valence-electron chi connectivity index (χ0n) is 9.99. The Bertz CT molecular complexity index is 313. The first kappa shape index (κ1) is 11.8. The van der Waals surface area contributed by atoms with E-state index in [1.54, 1.807) is 0 Å². The third-order valence-corrected chi connectivity index (χ3v) is 1.86. The molecule has 0 spiro atoms. The van der Waals surface area contributed by atoms with Crippen molar-refractivity contribution >= 4 is 5.84 Å². The van der Waals surface area contributed by atoms with Gasteiger partial charge < -0.3 is 5.32 Å². The minimum absolute atomic E-state index is 0.312. The first-order valence-corrected chi connectivity index (χ1v) is 5.49. The number of nitrogens with zero attached hydrogens (tertiary/aromatic N) is 1. The van der Waals surface area contributed by atoms with Gasteiger partial charge in [-0.25, -0.2) is 0 Å². The molecule has 2 heteroatoms. The lowest BCUT2D eigenvalue weighted by molar-refractivity contribution is 0.719. The molecule has 0 saturated heterocycles. The largest absolute Gasteiger partial charge is 0.368 e. The van der Waals surface area contributed by atoms with Gasteiger partial charge in [0.05, 0.1) is 0 Å². The van der Waals surface area contributed by atoms with Gasteiger partial charge in [-0.05, 0) is 27.7 Å². The standard InChI is InChI=1S/C13H20N2/c1-10(2)14-13(15-11(3)4)12-8-6-5-7-9-12/h5-11H,1-4H3,(H,14,15). The molecule has 15 heavy (non-hydrogen) atoms. The molecule has 0 unspecified atom stereocenters. The summed E-state index contributed by atoms with van der Waals surface area (Å²) < 4.78 is 0. The third kappa shape index (κ3) is 4.15. The van der Waals surface area contributed by atoms with E-state index < -0.39 is 0 Å². The van der Waals surface area contributed by atoms with Gasteiger partial charge >= 0.3 is 0 Å². The fourth-order valence-electron chi connectivity index (χ4n) is 1.32. The smallest absolute Gasteiger partial charge is 0.128 e. The summed E-state index contributed by atoms with van der Waals surface area (Å²) in [6.07, 6.45) is 0. The van der Waals surface area contributed by atoms with E-state index in [0.29, 0.717) is 12.1 Å². The Labute approximate surface area is 92.4 Å². The molecule has 0 heterocycles. The quantitative estimate of drug-likeness (QED) is 0.594. The van der Waals surface area contributed by atoms with Gasteiger partial charge in [-0.15, -0.1) is 0 Å². The molecule has 1 N–H and O–H groups in total. The first-order valence-electron chi connectivity index (χ1n) is 5.49. The molecule has 82 valence electrons. The third-order valence-electron chi connectivity index (χ3n) is 1.86. The summed E-state index contributed by atoms with van der Waals surface area (Å²) >= 11 is 0. The average molecular weight is 204 g/mol. The van der Waals surface area contributed by atoms with E-state index in [1.807, 2.05) is 18.2 Å². The molecule has 2 nitrogen and oxygen atoms in total. The van der Waals surface area contributed by atoms with Crippen LogP contribution < -0.4 is 5.32 Å². The summed E-state index contributed by atoms with van der Waals surface area (Å²) in [6.45, 7) is 8.42. The summed E-state index contributed by atoms with van der Waals surface area (Å²) in [5.74, 6) is 0.987. The highest BCUT2D eigenvalue weighted by molar-refractivity contribution is 5.98. The number of hydrogen-bond acceptors (Lipinski definition) is 1. The van der Waals surface area contributed by atoms with Gasteiger partial charge in [0.15, 0.2) is 0 Å². The molecule has 0 atom stereocenters. The zero-order chi connectivity index (χ0) is 11.3. The molecule has 0 bridgehead atoms. The molecule has 1 aromatic rings. The second-order valence-corrected chi connectivity index (χ2v) is 4.24. The molecule has 0 aromatic heterocycles. The van der Waals surface area contributed by atoms with Gasteiger partial charge in [0.25, 0.3) is 0 Å². The molecular formula is C13H20N2. The topological polar surface area (TPSA) is 24.4 Å². The molecular weight excluding hydrogens is 184 g/mol. The lowest BCUT2D eigenvalue weighted by atomic mass is 10.2. The Hall–Kier alpha value is -1.31. The SMILES string of the molecule is CC(C)/N=C(/NC(C)C)c1ccccc1. The highest BCUT2D eigenvalue weighted by Crippen LogP contribution is 2.02. The van der Waals surface area contributed by atoms with E-state index in [-0.39, 0.29) is 0 Å². The van der Waals surface area contributed by atoms with Crippen molar-refractivity contribution in [1.29, 1.82) is 0 Å². The Morgan fingerprint density at radius 1 is 1.07 bits per heavy atom. The number of rotatable bonds is 3. The molecule has 1 rings (SSSR count). The van der Waals surface area contributed by atoms with Gasteiger partial charge in [-0.3, -0.25) is 4.99 Å². The second kappa shape index (κ2) is 5.54. The fraction of sp³-hybridized carbons (Fsp3) is 0.462.